The molecule has 14 heavy (non-hydrogen) atoms. The van der Waals surface area contributed by atoms with Crippen LogP contribution in [0.15, 0.2) is 0 Å². The molecule has 6 heteroatoms. The normalized spacial score (nSPS) is 43.9. The smallest absolute Gasteiger partial charge is 0.186 e. The summed E-state index contributed by atoms with van der Waals surface area (Å²) in [5.41, 5.74) is 0. The summed E-state index contributed by atoms with van der Waals surface area (Å²) < 4.78 is 10.0. The van der Waals surface area contributed by atoms with Crippen molar-refractivity contribution in [3.63, 3.8) is 0 Å². The molecule has 0 spiro atoms. The van der Waals surface area contributed by atoms with E-state index >= 15 is 0 Å². The molecule has 1 rings (SSSR count). The molecule has 6 nitrogen and oxygen atoms in total. The van der Waals surface area contributed by atoms with Crippen LogP contribution in [0.25, 0.3) is 0 Å². The summed E-state index contributed by atoms with van der Waals surface area (Å²) in [5.74, 6) is 0. The maximum absolute atomic E-state index is 9.41. The maximum Gasteiger partial charge on any atom is 0.186 e. The molecule has 1 fully saturated rings. The summed E-state index contributed by atoms with van der Waals surface area (Å²) in [5, 5.41) is 36.9. The third-order valence-electron chi connectivity index (χ3n) is 2.18. The molecule has 0 radical (unpaired) electrons. The van der Waals surface area contributed by atoms with Gasteiger partial charge in [0.05, 0.1) is 6.61 Å². The molecule has 0 unspecified atom stereocenters. The van der Waals surface area contributed by atoms with Gasteiger partial charge in [0.15, 0.2) is 6.29 Å². The highest BCUT2D eigenvalue weighted by molar-refractivity contribution is 4.88. The lowest BCUT2D eigenvalue weighted by molar-refractivity contribution is -0.300. The Hall–Kier alpha value is -0.240. The van der Waals surface area contributed by atoms with E-state index in [9.17, 15) is 15.3 Å². The largest absolute Gasteiger partial charge is 0.394 e. The number of aliphatic hydroxyl groups excluding tert-OH is 4. The fourth-order valence-corrected chi connectivity index (χ4v) is 1.37. The van der Waals surface area contributed by atoms with Gasteiger partial charge in [0, 0.05) is 6.61 Å². The zero-order valence-corrected chi connectivity index (χ0v) is 7.91. The van der Waals surface area contributed by atoms with Crippen molar-refractivity contribution >= 4 is 0 Å². The van der Waals surface area contributed by atoms with Gasteiger partial charge in [-0.2, -0.15) is 0 Å². The highest BCUT2D eigenvalue weighted by Gasteiger charge is 2.43. The molecular weight excluding hydrogens is 192 g/mol. The van der Waals surface area contributed by atoms with Crippen LogP contribution in [-0.4, -0.2) is 64.3 Å². The lowest BCUT2D eigenvalue weighted by atomic mass is 9.99. The predicted molar refractivity (Wildman–Crippen MR) is 45.4 cm³/mol. The van der Waals surface area contributed by atoms with Crippen LogP contribution in [0, 0.1) is 0 Å². The number of hydrogen-bond donors (Lipinski definition) is 4. The first-order valence-corrected chi connectivity index (χ1v) is 4.54. The van der Waals surface area contributed by atoms with Crippen LogP contribution < -0.4 is 0 Å². The van der Waals surface area contributed by atoms with Gasteiger partial charge in [-0.15, -0.1) is 0 Å². The molecule has 1 aliphatic rings. The average molecular weight is 208 g/mol. The first kappa shape index (κ1) is 11.8. The Labute approximate surface area is 81.7 Å². The fraction of sp³-hybridized carbons (Fsp3) is 1.00. The summed E-state index contributed by atoms with van der Waals surface area (Å²) >= 11 is 0. The van der Waals surface area contributed by atoms with Crippen LogP contribution in [0.4, 0.5) is 0 Å². The van der Waals surface area contributed by atoms with E-state index < -0.39 is 37.3 Å². The van der Waals surface area contributed by atoms with Crippen molar-refractivity contribution in [1.82, 2.24) is 0 Å². The first-order valence-electron chi connectivity index (χ1n) is 4.54. The second-order valence-electron chi connectivity index (χ2n) is 3.15. The average Bonchev–Trinajstić information content (AvgIpc) is 2.19. The summed E-state index contributed by atoms with van der Waals surface area (Å²) in [7, 11) is 0. The van der Waals surface area contributed by atoms with Gasteiger partial charge >= 0.3 is 0 Å². The molecule has 0 aromatic carbocycles. The quantitative estimate of drug-likeness (QED) is 0.421. The third-order valence-corrected chi connectivity index (χ3v) is 2.18. The van der Waals surface area contributed by atoms with E-state index in [4.69, 9.17) is 14.6 Å². The Kier molecular flexibility index (Phi) is 4.24. The Bertz CT molecular complexity index is 171. The molecular formula is C8H16O6. The van der Waals surface area contributed by atoms with Crippen molar-refractivity contribution in [2.45, 2.75) is 37.6 Å². The van der Waals surface area contributed by atoms with E-state index in [0.29, 0.717) is 6.61 Å². The van der Waals surface area contributed by atoms with Gasteiger partial charge in [0.2, 0.25) is 0 Å². The molecule has 1 aliphatic heterocycles. The number of rotatable bonds is 3. The molecule has 0 bridgehead atoms. The second kappa shape index (κ2) is 5.01. The minimum absolute atomic E-state index is 0.308. The van der Waals surface area contributed by atoms with Crippen LogP contribution in [0.5, 0.6) is 0 Å². The molecule has 0 saturated carbocycles. The van der Waals surface area contributed by atoms with Crippen LogP contribution in [-0.2, 0) is 9.47 Å². The van der Waals surface area contributed by atoms with E-state index in [0.717, 1.165) is 0 Å². The standard InChI is InChI=1S/C8H16O6/c1-2-13-8-7(12)6(11)5(10)4(3-9)14-8/h4-12H,2-3H2,1H3/t4-,5+,6-,7-,8-/m0/s1. The second-order valence-corrected chi connectivity index (χ2v) is 3.15. The molecule has 0 amide bonds. The van der Waals surface area contributed by atoms with Gasteiger partial charge in [-0.05, 0) is 6.92 Å². The van der Waals surface area contributed by atoms with Crippen molar-refractivity contribution in [2.24, 2.45) is 0 Å². The minimum atomic E-state index is -1.36. The van der Waals surface area contributed by atoms with Crippen molar-refractivity contribution in [3.05, 3.63) is 0 Å². The number of hydrogen-bond acceptors (Lipinski definition) is 6. The highest BCUT2D eigenvalue weighted by Crippen LogP contribution is 2.21. The molecule has 5 atom stereocenters. The number of ether oxygens (including phenoxy) is 2. The summed E-state index contributed by atoms with van der Waals surface area (Å²) in [6.07, 6.45) is -5.89. The van der Waals surface area contributed by atoms with Crippen LogP contribution in [0.2, 0.25) is 0 Å². The number of aliphatic hydroxyl groups is 4. The highest BCUT2D eigenvalue weighted by atomic mass is 16.7. The van der Waals surface area contributed by atoms with Crippen LogP contribution in [0.3, 0.4) is 0 Å². The molecule has 84 valence electrons. The van der Waals surface area contributed by atoms with Crippen molar-refractivity contribution < 1.29 is 29.9 Å². The molecule has 0 aliphatic carbocycles. The zero-order valence-electron chi connectivity index (χ0n) is 7.91. The SMILES string of the molecule is CCO[C@H]1O[C@@H](CO)[C@@H](O)[C@H](O)[C@@H]1O. The Morgan fingerprint density at radius 3 is 2.29 bits per heavy atom. The zero-order chi connectivity index (χ0) is 10.7. The van der Waals surface area contributed by atoms with Crippen LogP contribution in [0.1, 0.15) is 6.92 Å². The summed E-state index contributed by atoms with van der Waals surface area (Å²) in [6, 6.07) is 0. The van der Waals surface area contributed by atoms with E-state index in [1.807, 2.05) is 0 Å². The first-order chi connectivity index (χ1) is 6.61. The van der Waals surface area contributed by atoms with Crippen LogP contribution >= 0.6 is 0 Å². The minimum Gasteiger partial charge on any atom is -0.394 e. The van der Waals surface area contributed by atoms with Crippen molar-refractivity contribution in [1.29, 1.82) is 0 Å². The lowest BCUT2D eigenvalue weighted by Gasteiger charge is -2.39. The van der Waals surface area contributed by atoms with E-state index in [-0.39, 0.29) is 0 Å². The molecule has 0 aromatic rings. The predicted octanol–water partition coefficient (Wildman–Crippen LogP) is -2.18. The van der Waals surface area contributed by atoms with Gasteiger partial charge in [0.1, 0.15) is 24.4 Å². The Morgan fingerprint density at radius 2 is 1.79 bits per heavy atom. The van der Waals surface area contributed by atoms with Crippen molar-refractivity contribution in [2.75, 3.05) is 13.2 Å². The van der Waals surface area contributed by atoms with E-state index in [2.05, 4.69) is 0 Å². The van der Waals surface area contributed by atoms with Crippen molar-refractivity contribution in [3.8, 4) is 0 Å². The van der Waals surface area contributed by atoms with Gasteiger partial charge in [-0.25, -0.2) is 0 Å². The monoisotopic (exact) mass is 208 g/mol. The Morgan fingerprint density at radius 1 is 1.14 bits per heavy atom. The molecule has 0 aromatic heterocycles. The topological polar surface area (TPSA) is 99.4 Å². The maximum atomic E-state index is 9.41. The van der Waals surface area contributed by atoms with Gasteiger partial charge in [0.25, 0.3) is 0 Å². The molecule has 1 saturated heterocycles. The summed E-state index contributed by atoms with van der Waals surface area (Å²) in [4.78, 5) is 0. The Balaban J connectivity index is 2.63. The summed E-state index contributed by atoms with van der Waals surface area (Å²) in [6.45, 7) is 1.58. The molecule has 1 heterocycles. The van der Waals surface area contributed by atoms with Gasteiger partial charge in [-0.3, -0.25) is 0 Å². The van der Waals surface area contributed by atoms with E-state index in [1.165, 1.54) is 0 Å². The molecule has 4 N–H and O–H groups in total. The fourth-order valence-electron chi connectivity index (χ4n) is 1.37. The third kappa shape index (κ3) is 2.22. The van der Waals surface area contributed by atoms with E-state index in [1.54, 1.807) is 6.92 Å². The van der Waals surface area contributed by atoms with Gasteiger partial charge in [-0.1, -0.05) is 0 Å². The lowest BCUT2D eigenvalue weighted by Crippen LogP contribution is -2.59. The van der Waals surface area contributed by atoms with Gasteiger partial charge < -0.3 is 29.9 Å².